The third-order valence-corrected chi connectivity index (χ3v) is 6.02. The maximum absolute atomic E-state index is 13.0. The fourth-order valence-electron chi connectivity index (χ4n) is 2.64. The molecule has 1 aromatic rings. The van der Waals surface area contributed by atoms with Crippen molar-refractivity contribution in [2.45, 2.75) is 37.8 Å². The number of aryl methyl sites for hydroxylation is 1. The second kappa shape index (κ2) is 6.04. The van der Waals surface area contributed by atoms with Crippen molar-refractivity contribution in [1.29, 1.82) is 0 Å². The standard InChI is InChI=1S/C15H24N2O3S/c1-12-5-6-13(10-16-4)9-14(12)21(18,19)17-7-8-20-11-15(17,2)3/h5-6,9,16H,7-8,10-11H2,1-4H3. The van der Waals surface area contributed by atoms with E-state index in [-0.39, 0.29) is 0 Å². The van der Waals surface area contributed by atoms with Crippen LogP contribution in [0.2, 0.25) is 0 Å². The van der Waals surface area contributed by atoms with Crippen molar-refractivity contribution in [2.24, 2.45) is 0 Å². The summed E-state index contributed by atoms with van der Waals surface area (Å²) in [4.78, 5) is 0.394. The predicted molar refractivity (Wildman–Crippen MR) is 82.7 cm³/mol. The Labute approximate surface area is 127 Å². The first kappa shape index (κ1) is 16.4. The molecule has 0 spiro atoms. The van der Waals surface area contributed by atoms with E-state index in [2.05, 4.69) is 5.32 Å². The zero-order valence-electron chi connectivity index (χ0n) is 13.1. The quantitative estimate of drug-likeness (QED) is 0.916. The lowest BCUT2D eigenvalue weighted by Gasteiger charge is -2.41. The van der Waals surface area contributed by atoms with Gasteiger partial charge >= 0.3 is 0 Å². The summed E-state index contributed by atoms with van der Waals surface area (Å²) in [5.41, 5.74) is 1.22. The summed E-state index contributed by atoms with van der Waals surface area (Å²) in [5.74, 6) is 0. The molecule has 1 N–H and O–H groups in total. The molecule has 0 saturated carbocycles. The molecule has 1 heterocycles. The molecule has 0 aliphatic carbocycles. The minimum absolute atomic E-state index is 0.394. The number of nitrogens with zero attached hydrogens (tertiary/aromatic N) is 1. The lowest BCUT2D eigenvalue weighted by molar-refractivity contribution is -0.00772. The monoisotopic (exact) mass is 312 g/mol. The van der Waals surface area contributed by atoms with Crippen molar-refractivity contribution in [1.82, 2.24) is 9.62 Å². The van der Waals surface area contributed by atoms with Gasteiger partial charge in [-0.25, -0.2) is 8.42 Å². The minimum Gasteiger partial charge on any atom is -0.378 e. The number of hydrogen-bond acceptors (Lipinski definition) is 4. The fraction of sp³-hybridized carbons (Fsp3) is 0.600. The van der Waals surface area contributed by atoms with E-state index in [4.69, 9.17) is 4.74 Å². The van der Waals surface area contributed by atoms with Gasteiger partial charge < -0.3 is 10.1 Å². The zero-order chi connectivity index (χ0) is 15.7. The minimum atomic E-state index is -3.52. The SMILES string of the molecule is CNCc1ccc(C)c(S(=O)(=O)N2CCOCC2(C)C)c1. The van der Waals surface area contributed by atoms with E-state index in [9.17, 15) is 8.42 Å². The summed E-state index contributed by atoms with van der Waals surface area (Å²) in [6.45, 7) is 7.54. The molecular formula is C15H24N2O3S. The second-order valence-corrected chi connectivity index (χ2v) is 7.90. The summed E-state index contributed by atoms with van der Waals surface area (Å²) in [5, 5.41) is 3.05. The van der Waals surface area contributed by atoms with Gasteiger partial charge in [-0.3, -0.25) is 0 Å². The highest BCUT2D eigenvalue weighted by Gasteiger charge is 2.40. The van der Waals surface area contributed by atoms with Crippen LogP contribution < -0.4 is 5.32 Å². The number of nitrogens with one attached hydrogen (secondary N) is 1. The van der Waals surface area contributed by atoms with Crippen LogP contribution in [0, 0.1) is 6.92 Å². The Bertz CT molecular complexity index is 611. The number of morpholine rings is 1. The maximum Gasteiger partial charge on any atom is 0.243 e. The topological polar surface area (TPSA) is 58.6 Å². The Morgan fingerprint density at radius 1 is 1.38 bits per heavy atom. The first-order valence-corrected chi connectivity index (χ1v) is 8.58. The number of benzene rings is 1. The molecule has 0 radical (unpaired) electrons. The Morgan fingerprint density at radius 3 is 2.71 bits per heavy atom. The third-order valence-electron chi connectivity index (χ3n) is 3.77. The van der Waals surface area contributed by atoms with Crippen molar-refractivity contribution in [3.05, 3.63) is 29.3 Å². The lowest BCUT2D eigenvalue weighted by Crippen LogP contribution is -2.55. The highest BCUT2D eigenvalue weighted by atomic mass is 32.2. The van der Waals surface area contributed by atoms with Gasteiger partial charge in [-0.15, -0.1) is 0 Å². The van der Waals surface area contributed by atoms with Crippen molar-refractivity contribution >= 4 is 10.0 Å². The number of hydrogen-bond donors (Lipinski definition) is 1. The van der Waals surface area contributed by atoms with Gasteiger partial charge in [-0.05, 0) is 45.0 Å². The molecule has 0 atom stereocenters. The van der Waals surface area contributed by atoms with Gasteiger partial charge in [-0.2, -0.15) is 4.31 Å². The fourth-order valence-corrected chi connectivity index (χ4v) is 4.68. The summed E-state index contributed by atoms with van der Waals surface area (Å²) in [6, 6.07) is 5.59. The van der Waals surface area contributed by atoms with Gasteiger partial charge in [0.15, 0.2) is 0 Å². The van der Waals surface area contributed by atoms with E-state index < -0.39 is 15.6 Å². The van der Waals surface area contributed by atoms with Gasteiger partial charge in [0.05, 0.1) is 23.6 Å². The molecular weight excluding hydrogens is 288 g/mol. The molecule has 118 valence electrons. The van der Waals surface area contributed by atoms with Gasteiger partial charge in [0.1, 0.15) is 0 Å². The number of rotatable bonds is 4. The van der Waals surface area contributed by atoms with Crippen LogP contribution in [0.15, 0.2) is 23.1 Å². The van der Waals surface area contributed by atoms with E-state index in [0.717, 1.165) is 11.1 Å². The van der Waals surface area contributed by atoms with Crippen LogP contribution in [-0.2, 0) is 21.3 Å². The average Bonchev–Trinajstić information content (AvgIpc) is 2.40. The van der Waals surface area contributed by atoms with Gasteiger partial charge in [0, 0.05) is 13.1 Å². The molecule has 1 aliphatic rings. The number of sulfonamides is 1. The van der Waals surface area contributed by atoms with Crippen molar-refractivity contribution < 1.29 is 13.2 Å². The van der Waals surface area contributed by atoms with Gasteiger partial charge in [0.2, 0.25) is 10.0 Å². The second-order valence-electron chi connectivity index (χ2n) is 6.07. The Kier molecular flexibility index (Phi) is 4.72. The van der Waals surface area contributed by atoms with E-state index in [0.29, 0.717) is 31.2 Å². The zero-order valence-corrected chi connectivity index (χ0v) is 14.0. The highest BCUT2D eigenvalue weighted by molar-refractivity contribution is 7.89. The molecule has 1 aliphatic heterocycles. The summed E-state index contributed by atoms with van der Waals surface area (Å²) in [7, 11) is -1.67. The molecule has 2 rings (SSSR count). The Hall–Kier alpha value is -0.950. The molecule has 0 amide bonds. The largest absolute Gasteiger partial charge is 0.378 e. The van der Waals surface area contributed by atoms with E-state index in [1.807, 2.05) is 40.0 Å². The normalized spacial score (nSPS) is 19.6. The molecule has 0 unspecified atom stereocenters. The van der Waals surface area contributed by atoms with E-state index >= 15 is 0 Å². The molecule has 1 fully saturated rings. The van der Waals surface area contributed by atoms with Crippen LogP contribution in [-0.4, -0.2) is 45.1 Å². The Morgan fingerprint density at radius 2 is 2.10 bits per heavy atom. The summed E-state index contributed by atoms with van der Waals surface area (Å²) in [6.07, 6.45) is 0. The smallest absolute Gasteiger partial charge is 0.243 e. The van der Waals surface area contributed by atoms with E-state index in [1.54, 1.807) is 10.4 Å². The average molecular weight is 312 g/mol. The summed E-state index contributed by atoms with van der Waals surface area (Å²) < 4.78 is 33.0. The molecule has 6 heteroatoms. The summed E-state index contributed by atoms with van der Waals surface area (Å²) >= 11 is 0. The molecule has 5 nitrogen and oxygen atoms in total. The van der Waals surface area contributed by atoms with Crippen LogP contribution in [0.25, 0.3) is 0 Å². The number of ether oxygens (including phenoxy) is 1. The van der Waals surface area contributed by atoms with E-state index in [1.165, 1.54) is 0 Å². The third kappa shape index (κ3) is 3.29. The van der Waals surface area contributed by atoms with Crippen LogP contribution in [0.4, 0.5) is 0 Å². The molecule has 0 aromatic heterocycles. The predicted octanol–water partition coefficient (Wildman–Crippen LogP) is 1.51. The Balaban J connectivity index is 2.45. The van der Waals surface area contributed by atoms with Gasteiger partial charge in [-0.1, -0.05) is 12.1 Å². The lowest BCUT2D eigenvalue weighted by atomic mass is 10.1. The molecule has 1 saturated heterocycles. The van der Waals surface area contributed by atoms with Crippen LogP contribution >= 0.6 is 0 Å². The maximum atomic E-state index is 13.0. The van der Waals surface area contributed by atoms with Crippen molar-refractivity contribution in [3.8, 4) is 0 Å². The van der Waals surface area contributed by atoms with Crippen LogP contribution in [0.1, 0.15) is 25.0 Å². The molecule has 0 bridgehead atoms. The van der Waals surface area contributed by atoms with Gasteiger partial charge in [0.25, 0.3) is 0 Å². The molecule has 21 heavy (non-hydrogen) atoms. The molecule has 1 aromatic carbocycles. The van der Waals surface area contributed by atoms with Crippen LogP contribution in [0.5, 0.6) is 0 Å². The van der Waals surface area contributed by atoms with Crippen LogP contribution in [0.3, 0.4) is 0 Å². The van der Waals surface area contributed by atoms with Crippen molar-refractivity contribution in [3.63, 3.8) is 0 Å². The van der Waals surface area contributed by atoms with Crippen molar-refractivity contribution in [2.75, 3.05) is 26.8 Å². The first-order valence-electron chi connectivity index (χ1n) is 7.14. The highest BCUT2D eigenvalue weighted by Crippen LogP contribution is 2.29. The first-order chi connectivity index (χ1) is 9.79.